The average molecular weight is 279 g/mol. The van der Waals surface area contributed by atoms with Gasteiger partial charge in [-0.05, 0) is 42.7 Å². The summed E-state index contributed by atoms with van der Waals surface area (Å²) >= 11 is 0. The summed E-state index contributed by atoms with van der Waals surface area (Å²) in [5.41, 5.74) is 2.35. The summed E-state index contributed by atoms with van der Waals surface area (Å²) in [5, 5.41) is 3.67. The number of anilines is 1. The fourth-order valence-corrected chi connectivity index (χ4v) is 3.59. The zero-order valence-corrected chi connectivity index (χ0v) is 13.0. The lowest BCUT2D eigenvalue weighted by Crippen LogP contribution is -2.30. The zero-order chi connectivity index (χ0) is 13.8. The first kappa shape index (κ1) is 14.6. The largest absolute Gasteiger partial charge is 0.382 e. The van der Waals surface area contributed by atoms with Crippen LogP contribution in [0.3, 0.4) is 0 Å². The van der Waals surface area contributed by atoms with Crippen molar-refractivity contribution in [2.45, 2.75) is 44.9 Å². The van der Waals surface area contributed by atoms with E-state index in [9.17, 15) is 4.21 Å². The van der Waals surface area contributed by atoms with Gasteiger partial charge in [-0.25, -0.2) is 0 Å². The molecule has 4 atom stereocenters. The molecule has 1 fully saturated rings. The summed E-state index contributed by atoms with van der Waals surface area (Å²) in [4.78, 5) is 0. The van der Waals surface area contributed by atoms with Gasteiger partial charge in [0, 0.05) is 28.8 Å². The minimum atomic E-state index is -0.786. The number of hydrogen-bond donors (Lipinski definition) is 1. The lowest BCUT2D eigenvalue weighted by atomic mass is 9.79. The highest BCUT2D eigenvalue weighted by Gasteiger charge is 2.24. The van der Waals surface area contributed by atoms with Gasteiger partial charge in [0.2, 0.25) is 0 Å². The fraction of sp³-hybridized carbons (Fsp3) is 0.625. The van der Waals surface area contributed by atoms with Gasteiger partial charge in [0.25, 0.3) is 0 Å². The van der Waals surface area contributed by atoms with Crippen LogP contribution in [0, 0.1) is 11.8 Å². The number of hydrogen-bond acceptors (Lipinski definition) is 2. The predicted octanol–water partition coefficient (Wildman–Crippen LogP) is 3.80. The summed E-state index contributed by atoms with van der Waals surface area (Å²) in [6.07, 6.45) is 5.56. The van der Waals surface area contributed by atoms with E-state index >= 15 is 0 Å². The van der Waals surface area contributed by atoms with E-state index in [0.717, 1.165) is 11.8 Å². The van der Waals surface area contributed by atoms with Gasteiger partial charge in [-0.1, -0.05) is 32.0 Å². The zero-order valence-electron chi connectivity index (χ0n) is 12.2. The molecule has 1 N–H and O–H groups in total. The third kappa shape index (κ3) is 4.07. The molecule has 0 aliphatic heterocycles. The van der Waals surface area contributed by atoms with Crippen LogP contribution in [0.25, 0.3) is 0 Å². The molecule has 0 saturated heterocycles. The Hall–Kier alpha value is -0.830. The minimum Gasteiger partial charge on any atom is -0.382 e. The molecule has 3 heteroatoms. The van der Waals surface area contributed by atoms with Crippen molar-refractivity contribution in [1.29, 1.82) is 0 Å². The molecule has 1 aromatic rings. The molecule has 0 spiro atoms. The number of nitrogens with one attached hydrogen (secondary N) is 1. The van der Waals surface area contributed by atoms with Crippen LogP contribution in [0.15, 0.2) is 24.3 Å². The minimum absolute atomic E-state index is 0.567. The van der Waals surface area contributed by atoms with Gasteiger partial charge in [-0.3, -0.25) is 4.21 Å². The Balaban J connectivity index is 2.04. The molecule has 19 heavy (non-hydrogen) atoms. The van der Waals surface area contributed by atoms with Crippen LogP contribution in [0.2, 0.25) is 0 Å². The van der Waals surface area contributed by atoms with Crippen molar-refractivity contribution >= 4 is 16.5 Å². The first-order chi connectivity index (χ1) is 9.06. The van der Waals surface area contributed by atoms with E-state index in [1.807, 2.05) is 6.07 Å². The molecule has 106 valence electrons. The Morgan fingerprint density at radius 1 is 1.21 bits per heavy atom. The molecule has 2 rings (SSSR count). The molecule has 1 aliphatic carbocycles. The Morgan fingerprint density at radius 2 is 1.95 bits per heavy atom. The summed E-state index contributed by atoms with van der Waals surface area (Å²) in [6.45, 7) is 4.71. The SMILES string of the molecule is C[C@@H]1CC[C@H](Nc2ccccc2C[S@](C)=O)C[C@H]1C. The summed E-state index contributed by atoms with van der Waals surface area (Å²) < 4.78 is 11.4. The molecule has 1 aromatic carbocycles. The first-order valence-corrected chi connectivity index (χ1v) is 8.93. The van der Waals surface area contributed by atoms with Gasteiger partial charge in [0.05, 0.1) is 5.75 Å². The Labute approximate surface area is 119 Å². The van der Waals surface area contributed by atoms with Crippen LogP contribution in [0.5, 0.6) is 0 Å². The summed E-state index contributed by atoms with van der Waals surface area (Å²) in [5.74, 6) is 2.28. The van der Waals surface area contributed by atoms with E-state index in [-0.39, 0.29) is 0 Å². The maximum absolute atomic E-state index is 11.4. The van der Waals surface area contributed by atoms with Crippen LogP contribution >= 0.6 is 0 Å². The number of para-hydroxylation sites is 1. The third-order valence-electron chi connectivity index (χ3n) is 4.33. The average Bonchev–Trinajstić information content (AvgIpc) is 2.36. The van der Waals surface area contributed by atoms with E-state index in [1.54, 1.807) is 6.26 Å². The van der Waals surface area contributed by atoms with Gasteiger partial charge in [0.15, 0.2) is 0 Å². The highest BCUT2D eigenvalue weighted by atomic mass is 32.2. The Morgan fingerprint density at radius 3 is 2.63 bits per heavy atom. The summed E-state index contributed by atoms with van der Waals surface area (Å²) in [7, 11) is -0.786. The van der Waals surface area contributed by atoms with Crippen molar-refractivity contribution in [1.82, 2.24) is 0 Å². The molecule has 1 aliphatic rings. The second kappa shape index (κ2) is 6.56. The quantitative estimate of drug-likeness (QED) is 0.908. The van der Waals surface area contributed by atoms with Crippen molar-refractivity contribution in [2.24, 2.45) is 11.8 Å². The molecule has 0 amide bonds. The molecular formula is C16H25NOS. The molecule has 0 unspecified atom stereocenters. The molecule has 1 saturated carbocycles. The van der Waals surface area contributed by atoms with Gasteiger partial charge in [0.1, 0.15) is 0 Å². The van der Waals surface area contributed by atoms with Crippen LogP contribution in [0.1, 0.15) is 38.7 Å². The monoisotopic (exact) mass is 279 g/mol. The maximum Gasteiger partial charge on any atom is 0.0503 e. The molecule has 0 radical (unpaired) electrons. The second-order valence-electron chi connectivity index (χ2n) is 5.98. The van der Waals surface area contributed by atoms with E-state index in [4.69, 9.17) is 0 Å². The molecule has 0 heterocycles. The Bertz CT molecular complexity index is 446. The third-order valence-corrected chi connectivity index (χ3v) is 5.05. The maximum atomic E-state index is 11.4. The smallest absolute Gasteiger partial charge is 0.0503 e. The van der Waals surface area contributed by atoms with Crippen molar-refractivity contribution in [2.75, 3.05) is 11.6 Å². The van der Waals surface area contributed by atoms with Gasteiger partial charge < -0.3 is 5.32 Å². The lowest BCUT2D eigenvalue weighted by Gasteiger charge is -2.33. The van der Waals surface area contributed by atoms with Crippen molar-refractivity contribution in [3.05, 3.63) is 29.8 Å². The van der Waals surface area contributed by atoms with E-state index in [0.29, 0.717) is 11.8 Å². The van der Waals surface area contributed by atoms with E-state index < -0.39 is 10.8 Å². The van der Waals surface area contributed by atoms with Crippen LogP contribution in [-0.4, -0.2) is 16.5 Å². The lowest BCUT2D eigenvalue weighted by molar-refractivity contribution is 0.261. The van der Waals surface area contributed by atoms with Crippen molar-refractivity contribution < 1.29 is 4.21 Å². The number of rotatable bonds is 4. The molecule has 2 nitrogen and oxygen atoms in total. The highest BCUT2D eigenvalue weighted by molar-refractivity contribution is 7.83. The molecular weight excluding hydrogens is 254 g/mol. The fourth-order valence-electron chi connectivity index (χ4n) is 2.90. The standard InChI is InChI=1S/C16H25NOS/c1-12-8-9-15(10-13(12)2)17-16-7-5-4-6-14(16)11-19(3)18/h4-7,12-13,15,17H,8-11H2,1-3H3/t12-,13-,15+,19+/m1/s1. The van der Waals surface area contributed by atoms with E-state index in [1.165, 1.54) is 30.5 Å². The van der Waals surface area contributed by atoms with Crippen LogP contribution in [0.4, 0.5) is 5.69 Å². The van der Waals surface area contributed by atoms with Gasteiger partial charge in [-0.2, -0.15) is 0 Å². The molecule has 0 bridgehead atoms. The van der Waals surface area contributed by atoms with E-state index in [2.05, 4.69) is 37.4 Å². The molecule has 0 aromatic heterocycles. The van der Waals surface area contributed by atoms with Gasteiger partial charge >= 0.3 is 0 Å². The normalized spacial score (nSPS) is 28.9. The second-order valence-corrected chi connectivity index (χ2v) is 7.42. The van der Waals surface area contributed by atoms with Crippen LogP contribution < -0.4 is 5.32 Å². The number of benzene rings is 1. The highest BCUT2D eigenvalue weighted by Crippen LogP contribution is 2.31. The topological polar surface area (TPSA) is 29.1 Å². The van der Waals surface area contributed by atoms with Gasteiger partial charge in [-0.15, -0.1) is 0 Å². The van der Waals surface area contributed by atoms with Crippen molar-refractivity contribution in [3.63, 3.8) is 0 Å². The summed E-state index contributed by atoms with van der Waals surface area (Å²) in [6, 6.07) is 8.85. The van der Waals surface area contributed by atoms with Crippen molar-refractivity contribution in [3.8, 4) is 0 Å². The predicted molar refractivity (Wildman–Crippen MR) is 83.8 cm³/mol. The van der Waals surface area contributed by atoms with Crippen LogP contribution in [-0.2, 0) is 16.6 Å². The first-order valence-electron chi connectivity index (χ1n) is 7.20. The Kier molecular flexibility index (Phi) is 5.03.